The Balaban J connectivity index is 1.56. The van der Waals surface area contributed by atoms with Crippen molar-refractivity contribution in [3.05, 3.63) is 76.4 Å². The summed E-state index contributed by atoms with van der Waals surface area (Å²) in [7, 11) is 1.52. The molecule has 1 amide bonds. The second kappa shape index (κ2) is 8.74. The third-order valence-corrected chi connectivity index (χ3v) is 5.52. The topological polar surface area (TPSA) is 68.2 Å². The highest BCUT2D eigenvalue weighted by molar-refractivity contribution is 6.30. The first kappa shape index (κ1) is 22.0. The van der Waals surface area contributed by atoms with Crippen molar-refractivity contribution in [1.29, 1.82) is 0 Å². The number of halogens is 4. The van der Waals surface area contributed by atoms with Crippen LogP contribution in [0.3, 0.4) is 0 Å². The number of amides is 1. The zero-order chi connectivity index (χ0) is 22.9. The van der Waals surface area contributed by atoms with Crippen LogP contribution in [0.5, 0.6) is 5.75 Å². The van der Waals surface area contributed by atoms with Crippen molar-refractivity contribution in [2.24, 2.45) is 0 Å². The summed E-state index contributed by atoms with van der Waals surface area (Å²) in [6, 6.07) is 12.6. The van der Waals surface area contributed by atoms with Gasteiger partial charge in [-0.3, -0.25) is 4.79 Å². The monoisotopic (exact) mass is 464 g/mol. The van der Waals surface area contributed by atoms with Gasteiger partial charge in [0.05, 0.1) is 13.2 Å². The summed E-state index contributed by atoms with van der Waals surface area (Å²) in [6.07, 6.45) is -4.78. The summed E-state index contributed by atoms with van der Waals surface area (Å²) in [5, 5.41) is 10.2. The number of ether oxygens (including phenoxy) is 1. The lowest BCUT2D eigenvalue weighted by molar-refractivity contribution is -0.173. The number of nitrogens with one attached hydrogen (secondary N) is 2. The molecule has 1 aromatic heterocycles. The number of hydrogen-bond acceptors (Lipinski definition) is 4. The molecule has 2 N–H and O–H groups in total. The first-order valence-electron chi connectivity index (χ1n) is 9.84. The highest BCUT2D eigenvalue weighted by Crippen LogP contribution is 2.43. The fourth-order valence-electron chi connectivity index (χ4n) is 3.66. The van der Waals surface area contributed by atoms with Gasteiger partial charge >= 0.3 is 6.18 Å². The van der Waals surface area contributed by atoms with Crippen molar-refractivity contribution in [3.63, 3.8) is 0 Å². The van der Waals surface area contributed by atoms with Crippen molar-refractivity contribution >= 4 is 23.3 Å². The van der Waals surface area contributed by atoms with E-state index in [1.54, 1.807) is 48.5 Å². The molecule has 2 heterocycles. The molecule has 0 unspecified atom stereocenters. The van der Waals surface area contributed by atoms with E-state index in [1.165, 1.54) is 13.2 Å². The van der Waals surface area contributed by atoms with Gasteiger partial charge in [0.1, 0.15) is 11.6 Å². The zero-order valence-electron chi connectivity index (χ0n) is 17.0. The Hall–Kier alpha value is -3.20. The second-order valence-corrected chi connectivity index (χ2v) is 7.87. The molecule has 1 aliphatic rings. The highest BCUT2D eigenvalue weighted by Gasteiger charge is 2.46. The molecule has 0 bridgehead atoms. The van der Waals surface area contributed by atoms with E-state index in [9.17, 15) is 18.0 Å². The number of aromatic nitrogens is 2. The maximum atomic E-state index is 13.8. The fourth-order valence-corrected chi connectivity index (χ4v) is 3.87. The van der Waals surface area contributed by atoms with Gasteiger partial charge in [0.2, 0.25) is 0 Å². The number of hydrogen-bond donors (Lipinski definition) is 2. The Morgan fingerprint density at radius 1 is 1.25 bits per heavy atom. The smallest absolute Gasteiger partial charge is 0.410 e. The second-order valence-electron chi connectivity index (χ2n) is 7.44. The molecule has 0 saturated carbocycles. The Bertz CT molecular complexity index is 1120. The molecular formula is C22H20ClF3N4O2. The largest absolute Gasteiger partial charge is 0.497 e. The highest BCUT2D eigenvalue weighted by atomic mass is 35.5. The Morgan fingerprint density at radius 3 is 2.66 bits per heavy atom. The average molecular weight is 465 g/mol. The summed E-state index contributed by atoms with van der Waals surface area (Å²) in [4.78, 5) is 12.6. The molecule has 1 aliphatic heterocycles. The Labute approximate surface area is 187 Å². The lowest BCUT2D eigenvalue weighted by Crippen LogP contribution is -2.35. The summed E-state index contributed by atoms with van der Waals surface area (Å²) in [6.45, 7) is 0.173. The molecule has 0 radical (unpaired) electrons. The van der Waals surface area contributed by atoms with Crippen molar-refractivity contribution < 1.29 is 22.7 Å². The van der Waals surface area contributed by atoms with Gasteiger partial charge in [0.15, 0.2) is 11.7 Å². The van der Waals surface area contributed by atoms with E-state index < -0.39 is 24.2 Å². The summed E-state index contributed by atoms with van der Waals surface area (Å²) in [5.74, 6) is 0.170. The number of alkyl halides is 3. The van der Waals surface area contributed by atoms with Crippen molar-refractivity contribution in [3.8, 4) is 5.75 Å². The van der Waals surface area contributed by atoms with Gasteiger partial charge in [-0.1, -0.05) is 35.9 Å². The molecule has 10 heteroatoms. The summed E-state index contributed by atoms with van der Waals surface area (Å²) < 4.78 is 47.4. The number of fused-ring (bicyclic) bond motifs is 1. The van der Waals surface area contributed by atoms with Crippen LogP contribution >= 0.6 is 11.6 Å². The molecule has 0 saturated heterocycles. The van der Waals surface area contributed by atoms with E-state index in [0.717, 1.165) is 10.2 Å². The summed E-state index contributed by atoms with van der Waals surface area (Å²) in [5.41, 5.74) is 1.35. The van der Waals surface area contributed by atoms with E-state index >= 15 is 0 Å². The molecule has 168 valence electrons. The van der Waals surface area contributed by atoms with Crippen LogP contribution in [0.25, 0.3) is 0 Å². The Kier molecular flexibility index (Phi) is 6.01. The van der Waals surface area contributed by atoms with Gasteiger partial charge in [-0.2, -0.15) is 18.3 Å². The van der Waals surface area contributed by atoms with Crippen LogP contribution < -0.4 is 15.4 Å². The third-order valence-electron chi connectivity index (χ3n) is 5.28. The number of anilines is 1. The van der Waals surface area contributed by atoms with Gasteiger partial charge in [-0.15, -0.1) is 0 Å². The van der Waals surface area contributed by atoms with Crippen LogP contribution in [0.15, 0.2) is 54.6 Å². The SMILES string of the molecule is COc1ccc([C@H]2C[C@@H](C(F)(F)F)n3nc(C(=O)NCc4cccc(Cl)c4)cc3N2)cc1. The van der Waals surface area contributed by atoms with Crippen molar-refractivity contribution in [2.75, 3.05) is 12.4 Å². The lowest BCUT2D eigenvalue weighted by Gasteiger charge is -2.33. The molecule has 0 spiro atoms. The standard InChI is InChI=1S/C22H20ClF3N4O2/c1-32-16-7-5-14(6-8-16)17-10-19(22(24,25)26)30-20(28-17)11-18(29-30)21(31)27-12-13-3-2-4-15(23)9-13/h2-9,11,17,19,28H,10,12H2,1H3,(H,27,31)/t17-,19+/m1/s1. The average Bonchev–Trinajstić information content (AvgIpc) is 3.20. The quantitative estimate of drug-likeness (QED) is 0.549. The lowest BCUT2D eigenvalue weighted by atomic mass is 9.97. The predicted molar refractivity (Wildman–Crippen MR) is 114 cm³/mol. The number of benzene rings is 2. The minimum absolute atomic E-state index is 0.0980. The number of carbonyl (C=O) groups is 1. The van der Waals surface area contributed by atoms with E-state index in [2.05, 4.69) is 15.7 Å². The van der Waals surface area contributed by atoms with Gasteiger partial charge < -0.3 is 15.4 Å². The molecule has 0 fully saturated rings. The van der Waals surface area contributed by atoms with Gasteiger partial charge in [-0.25, -0.2) is 4.68 Å². The van der Waals surface area contributed by atoms with Crippen molar-refractivity contribution in [2.45, 2.75) is 31.2 Å². The molecule has 3 aromatic rings. The normalized spacial score (nSPS) is 17.9. The number of nitrogens with zero attached hydrogens (tertiary/aromatic N) is 2. The van der Waals surface area contributed by atoms with Crippen LogP contribution in [0, 0.1) is 0 Å². The fraction of sp³-hybridized carbons (Fsp3) is 0.273. The maximum absolute atomic E-state index is 13.8. The number of rotatable bonds is 5. The molecule has 0 aliphatic carbocycles. The van der Waals surface area contributed by atoms with E-state index in [4.69, 9.17) is 16.3 Å². The van der Waals surface area contributed by atoms with Gasteiger partial charge in [0.25, 0.3) is 5.91 Å². The zero-order valence-corrected chi connectivity index (χ0v) is 17.7. The molecule has 2 atom stereocenters. The molecule has 6 nitrogen and oxygen atoms in total. The van der Waals surface area contributed by atoms with Gasteiger partial charge in [-0.05, 0) is 35.4 Å². The van der Waals surface area contributed by atoms with Gasteiger partial charge in [0, 0.05) is 24.1 Å². The Morgan fingerprint density at radius 2 is 2.00 bits per heavy atom. The van der Waals surface area contributed by atoms with Crippen LogP contribution in [0.1, 0.15) is 40.1 Å². The third kappa shape index (κ3) is 4.67. The molecule has 2 aromatic carbocycles. The first-order valence-corrected chi connectivity index (χ1v) is 10.2. The summed E-state index contributed by atoms with van der Waals surface area (Å²) >= 11 is 5.94. The molecule has 4 rings (SSSR count). The molecule has 32 heavy (non-hydrogen) atoms. The number of methoxy groups -OCH3 is 1. The van der Waals surface area contributed by atoms with Crippen molar-refractivity contribution in [1.82, 2.24) is 15.1 Å². The molecular weight excluding hydrogens is 445 g/mol. The first-order chi connectivity index (χ1) is 15.2. The van der Waals surface area contributed by atoms with Crippen LogP contribution in [0.2, 0.25) is 5.02 Å². The maximum Gasteiger partial charge on any atom is 0.410 e. The van der Waals surface area contributed by atoms with E-state index in [-0.39, 0.29) is 24.5 Å². The minimum Gasteiger partial charge on any atom is -0.497 e. The van der Waals surface area contributed by atoms with E-state index in [0.29, 0.717) is 16.3 Å². The minimum atomic E-state index is -4.53. The van der Waals surface area contributed by atoms with Crippen LogP contribution in [0.4, 0.5) is 19.0 Å². The van der Waals surface area contributed by atoms with Crippen LogP contribution in [-0.2, 0) is 6.54 Å². The number of carbonyl (C=O) groups excluding carboxylic acids is 1. The van der Waals surface area contributed by atoms with E-state index in [1.807, 2.05) is 0 Å². The van der Waals surface area contributed by atoms with Crippen LogP contribution in [-0.4, -0.2) is 29.0 Å². The predicted octanol–water partition coefficient (Wildman–Crippen LogP) is 5.14.